The van der Waals surface area contributed by atoms with E-state index in [1.165, 1.54) is 17.1 Å². The highest BCUT2D eigenvalue weighted by Crippen LogP contribution is 2.37. The molecule has 1 aliphatic heterocycles. The maximum absolute atomic E-state index is 6.33. The average Bonchev–Trinajstić information content (AvgIpc) is 2.30. The van der Waals surface area contributed by atoms with E-state index in [4.69, 9.17) is 5.73 Å². The summed E-state index contributed by atoms with van der Waals surface area (Å²) in [6.45, 7) is 2.30. The summed E-state index contributed by atoms with van der Waals surface area (Å²) in [5.74, 6) is 2.50. The van der Waals surface area contributed by atoms with Gasteiger partial charge in [0, 0.05) is 28.0 Å². The van der Waals surface area contributed by atoms with E-state index in [-0.39, 0.29) is 6.04 Å². The van der Waals surface area contributed by atoms with Crippen LogP contribution in [0.3, 0.4) is 0 Å². The van der Waals surface area contributed by atoms with Crippen LogP contribution in [0.2, 0.25) is 0 Å². The van der Waals surface area contributed by atoms with Crippen molar-refractivity contribution in [1.82, 2.24) is 0 Å². The molecule has 3 atom stereocenters. The molecule has 1 aromatic carbocycles. The second kappa shape index (κ2) is 5.28. The number of rotatable bonds is 2. The molecule has 0 bridgehead atoms. The van der Waals surface area contributed by atoms with Crippen molar-refractivity contribution in [3.63, 3.8) is 0 Å². The zero-order valence-electron chi connectivity index (χ0n) is 8.93. The number of benzene rings is 1. The van der Waals surface area contributed by atoms with Crippen LogP contribution >= 0.6 is 23.5 Å². The molecule has 2 N–H and O–H groups in total. The Morgan fingerprint density at radius 3 is 2.53 bits per heavy atom. The van der Waals surface area contributed by atoms with Crippen molar-refractivity contribution in [2.24, 2.45) is 5.73 Å². The van der Waals surface area contributed by atoms with E-state index in [1.54, 1.807) is 0 Å². The SMILES string of the molecule is CC1SCCSC1C(N)c1ccccc1. The molecule has 0 radical (unpaired) electrons. The molecule has 0 aliphatic carbocycles. The lowest BCUT2D eigenvalue weighted by atomic mass is 10.0. The minimum Gasteiger partial charge on any atom is -0.323 e. The third kappa shape index (κ3) is 2.71. The van der Waals surface area contributed by atoms with Crippen molar-refractivity contribution in [2.75, 3.05) is 11.5 Å². The molecule has 1 nitrogen and oxygen atoms in total. The van der Waals surface area contributed by atoms with Gasteiger partial charge in [0.2, 0.25) is 0 Å². The van der Waals surface area contributed by atoms with Gasteiger partial charge in [-0.2, -0.15) is 23.5 Å². The Morgan fingerprint density at radius 1 is 1.20 bits per heavy atom. The van der Waals surface area contributed by atoms with Crippen LogP contribution in [0.5, 0.6) is 0 Å². The Hall–Kier alpha value is -0.120. The van der Waals surface area contributed by atoms with Gasteiger partial charge < -0.3 is 5.73 Å². The Morgan fingerprint density at radius 2 is 1.87 bits per heavy atom. The number of hydrogen-bond acceptors (Lipinski definition) is 3. The van der Waals surface area contributed by atoms with Crippen LogP contribution in [0.15, 0.2) is 30.3 Å². The molecule has 3 unspecified atom stereocenters. The molecule has 0 saturated carbocycles. The predicted molar refractivity (Wildman–Crippen MR) is 71.5 cm³/mol. The Kier molecular flexibility index (Phi) is 4.00. The Bertz CT molecular complexity index is 302. The number of nitrogens with two attached hydrogens (primary N) is 1. The number of hydrogen-bond donors (Lipinski definition) is 1. The molecule has 15 heavy (non-hydrogen) atoms. The molecular formula is C12H17NS2. The number of thioether (sulfide) groups is 2. The summed E-state index contributed by atoms with van der Waals surface area (Å²) in [6, 6.07) is 10.6. The quantitative estimate of drug-likeness (QED) is 0.859. The first kappa shape index (κ1) is 11.4. The molecule has 1 heterocycles. The Labute approximate surface area is 100 Å². The van der Waals surface area contributed by atoms with Crippen LogP contribution in [0, 0.1) is 0 Å². The molecular weight excluding hydrogens is 222 g/mol. The lowest BCUT2D eigenvalue weighted by Crippen LogP contribution is -2.34. The minimum atomic E-state index is 0.180. The molecule has 82 valence electrons. The van der Waals surface area contributed by atoms with Gasteiger partial charge in [0.05, 0.1) is 0 Å². The van der Waals surface area contributed by atoms with Crippen LogP contribution < -0.4 is 5.73 Å². The molecule has 0 amide bonds. The van der Waals surface area contributed by atoms with Gasteiger partial charge in [0.15, 0.2) is 0 Å². The van der Waals surface area contributed by atoms with E-state index in [1.807, 2.05) is 29.6 Å². The highest BCUT2D eigenvalue weighted by molar-refractivity contribution is 8.07. The average molecular weight is 239 g/mol. The van der Waals surface area contributed by atoms with E-state index in [2.05, 4.69) is 31.2 Å². The molecule has 3 heteroatoms. The first-order valence-electron chi connectivity index (χ1n) is 5.33. The summed E-state index contributed by atoms with van der Waals surface area (Å²) in [4.78, 5) is 0. The van der Waals surface area contributed by atoms with Gasteiger partial charge in [-0.25, -0.2) is 0 Å². The van der Waals surface area contributed by atoms with Crippen LogP contribution in [0.1, 0.15) is 18.5 Å². The largest absolute Gasteiger partial charge is 0.323 e. The highest BCUT2D eigenvalue weighted by Gasteiger charge is 2.28. The summed E-state index contributed by atoms with van der Waals surface area (Å²) in [5.41, 5.74) is 7.59. The molecule has 1 fully saturated rings. The molecule has 0 spiro atoms. The molecule has 0 aromatic heterocycles. The maximum Gasteiger partial charge on any atom is 0.0426 e. The zero-order chi connectivity index (χ0) is 10.7. The summed E-state index contributed by atoms with van der Waals surface area (Å²) >= 11 is 4.08. The van der Waals surface area contributed by atoms with Crippen molar-refractivity contribution >= 4 is 23.5 Å². The third-order valence-electron chi connectivity index (χ3n) is 2.78. The van der Waals surface area contributed by atoms with Gasteiger partial charge >= 0.3 is 0 Å². The fourth-order valence-electron chi connectivity index (χ4n) is 1.91. The van der Waals surface area contributed by atoms with Crippen LogP contribution in [0.4, 0.5) is 0 Å². The van der Waals surface area contributed by atoms with Gasteiger partial charge in [-0.1, -0.05) is 37.3 Å². The fraction of sp³-hybridized carbons (Fsp3) is 0.500. The normalized spacial score (nSPS) is 28.7. The maximum atomic E-state index is 6.33. The topological polar surface area (TPSA) is 26.0 Å². The third-order valence-corrected chi connectivity index (χ3v) is 5.99. The highest BCUT2D eigenvalue weighted by atomic mass is 32.2. The first-order valence-corrected chi connectivity index (χ1v) is 7.42. The molecule has 2 rings (SSSR count). The summed E-state index contributed by atoms with van der Waals surface area (Å²) in [5, 5.41) is 1.23. The second-order valence-corrected chi connectivity index (χ2v) is 6.62. The first-order chi connectivity index (χ1) is 7.29. The van der Waals surface area contributed by atoms with E-state index in [0.717, 1.165) is 0 Å². The fourth-order valence-corrected chi connectivity index (χ4v) is 4.79. The van der Waals surface area contributed by atoms with Crippen LogP contribution in [0.25, 0.3) is 0 Å². The zero-order valence-corrected chi connectivity index (χ0v) is 10.6. The molecule has 1 aliphatic rings. The molecule has 1 saturated heterocycles. The van der Waals surface area contributed by atoms with Gasteiger partial charge in [0.25, 0.3) is 0 Å². The van der Waals surface area contributed by atoms with Gasteiger partial charge in [0.1, 0.15) is 0 Å². The summed E-state index contributed by atoms with van der Waals surface area (Å²) < 4.78 is 0. The monoisotopic (exact) mass is 239 g/mol. The van der Waals surface area contributed by atoms with E-state index in [9.17, 15) is 0 Å². The van der Waals surface area contributed by atoms with E-state index in [0.29, 0.717) is 10.5 Å². The lowest BCUT2D eigenvalue weighted by Gasteiger charge is -2.32. The van der Waals surface area contributed by atoms with E-state index < -0.39 is 0 Å². The Balaban J connectivity index is 2.09. The lowest BCUT2D eigenvalue weighted by molar-refractivity contribution is 0.664. The molecule has 1 aromatic rings. The van der Waals surface area contributed by atoms with Crippen molar-refractivity contribution in [1.29, 1.82) is 0 Å². The van der Waals surface area contributed by atoms with Crippen molar-refractivity contribution in [3.8, 4) is 0 Å². The standard InChI is InChI=1S/C12H17NS2/c1-9-12(15-8-7-14-9)11(13)10-5-3-2-4-6-10/h2-6,9,11-12H,7-8,13H2,1H3. The van der Waals surface area contributed by atoms with Gasteiger partial charge in [-0.15, -0.1) is 0 Å². The van der Waals surface area contributed by atoms with Crippen molar-refractivity contribution in [3.05, 3.63) is 35.9 Å². The summed E-state index contributed by atoms with van der Waals surface area (Å²) in [6.07, 6.45) is 0. The smallest absolute Gasteiger partial charge is 0.0426 e. The van der Waals surface area contributed by atoms with Crippen molar-refractivity contribution < 1.29 is 0 Å². The van der Waals surface area contributed by atoms with Crippen molar-refractivity contribution in [2.45, 2.75) is 23.5 Å². The van der Waals surface area contributed by atoms with Crippen LogP contribution in [-0.4, -0.2) is 22.0 Å². The summed E-state index contributed by atoms with van der Waals surface area (Å²) in [7, 11) is 0. The minimum absolute atomic E-state index is 0.180. The van der Waals surface area contributed by atoms with Gasteiger partial charge in [-0.05, 0) is 5.56 Å². The van der Waals surface area contributed by atoms with Gasteiger partial charge in [-0.3, -0.25) is 0 Å². The second-order valence-electron chi connectivity index (χ2n) is 3.85. The predicted octanol–water partition coefficient (Wildman–Crippen LogP) is 2.92. The van der Waals surface area contributed by atoms with E-state index >= 15 is 0 Å². The van der Waals surface area contributed by atoms with Crippen LogP contribution in [-0.2, 0) is 0 Å².